The summed E-state index contributed by atoms with van der Waals surface area (Å²) in [7, 11) is 0. The van der Waals surface area contributed by atoms with Crippen LogP contribution in [0.1, 0.15) is 15.9 Å². The maximum Gasteiger partial charge on any atom is 0.342 e. The number of hydrogen-bond acceptors (Lipinski definition) is 2. The van der Waals surface area contributed by atoms with Crippen molar-refractivity contribution in [1.82, 2.24) is 9.36 Å². The van der Waals surface area contributed by atoms with E-state index in [1.807, 2.05) is 12.1 Å². The second-order valence-corrected chi connectivity index (χ2v) is 6.04. The summed E-state index contributed by atoms with van der Waals surface area (Å²) in [4.78, 5) is 23.8. The van der Waals surface area contributed by atoms with Crippen molar-refractivity contribution in [2.45, 2.75) is 6.54 Å². The highest BCUT2D eigenvalue weighted by atomic mass is 35.5. The number of carboxylic acids is 1. The zero-order valence-corrected chi connectivity index (χ0v) is 13.8. The number of benzene rings is 2. The maximum absolute atomic E-state index is 12.5. The van der Waals surface area contributed by atoms with Crippen LogP contribution in [0.5, 0.6) is 0 Å². The van der Waals surface area contributed by atoms with Gasteiger partial charge in [-0.1, -0.05) is 35.3 Å². The Balaban J connectivity index is 2.12. The van der Waals surface area contributed by atoms with Crippen LogP contribution >= 0.6 is 23.2 Å². The summed E-state index contributed by atoms with van der Waals surface area (Å²) in [5, 5.41) is 10.4. The van der Waals surface area contributed by atoms with E-state index in [0.29, 0.717) is 22.3 Å². The number of halogens is 2. The molecule has 0 amide bonds. The number of hydrogen-bond donors (Lipinski definition) is 1. The lowest BCUT2D eigenvalue weighted by molar-refractivity contribution is 0.0695. The fourth-order valence-corrected chi connectivity index (χ4v) is 2.63. The van der Waals surface area contributed by atoms with Crippen LogP contribution in [0.2, 0.25) is 10.0 Å². The third-order valence-electron chi connectivity index (χ3n) is 3.52. The van der Waals surface area contributed by atoms with Crippen LogP contribution in [-0.4, -0.2) is 20.4 Å². The van der Waals surface area contributed by atoms with E-state index in [0.717, 1.165) is 5.56 Å². The highest BCUT2D eigenvalue weighted by Gasteiger charge is 2.18. The molecule has 0 saturated carbocycles. The summed E-state index contributed by atoms with van der Waals surface area (Å²) in [6, 6.07) is 13.7. The van der Waals surface area contributed by atoms with Gasteiger partial charge >= 0.3 is 5.97 Å². The monoisotopic (exact) mass is 362 g/mol. The van der Waals surface area contributed by atoms with E-state index in [2.05, 4.69) is 0 Å². The molecule has 0 spiro atoms. The molecule has 1 aromatic heterocycles. The van der Waals surface area contributed by atoms with Crippen molar-refractivity contribution in [1.29, 1.82) is 0 Å². The topological polar surface area (TPSA) is 64.2 Å². The second-order valence-electron chi connectivity index (χ2n) is 5.17. The lowest BCUT2D eigenvalue weighted by Gasteiger charge is -2.12. The second kappa shape index (κ2) is 6.55. The van der Waals surface area contributed by atoms with E-state index >= 15 is 0 Å². The molecule has 3 aromatic rings. The number of aromatic nitrogens is 2. The van der Waals surface area contributed by atoms with E-state index in [9.17, 15) is 14.7 Å². The lowest BCUT2D eigenvalue weighted by atomic mass is 10.2. The van der Waals surface area contributed by atoms with Gasteiger partial charge in [-0.15, -0.1) is 0 Å². The van der Waals surface area contributed by atoms with Crippen LogP contribution in [0.25, 0.3) is 5.69 Å². The molecular formula is C17H12Cl2N2O3. The maximum atomic E-state index is 12.5. The average molecular weight is 363 g/mol. The molecule has 7 heteroatoms. The molecule has 24 heavy (non-hydrogen) atoms. The average Bonchev–Trinajstić information content (AvgIpc) is 2.87. The third kappa shape index (κ3) is 3.22. The minimum Gasteiger partial charge on any atom is -0.477 e. The highest BCUT2D eigenvalue weighted by Crippen LogP contribution is 2.15. The third-order valence-corrected chi connectivity index (χ3v) is 4.02. The van der Waals surface area contributed by atoms with Gasteiger partial charge in [-0.05, 0) is 42.0 Å². The molecular weight excluding hydrogens is 351 g/mol. The smallest absolute Gasteiger partial charge is 0.342 e. The van der Waals surface area contributed by atoms with E-state index in [4.69, 9.17) is 23.2 Å². The van der Waals surface area contributed by atoms with Crippen LogP contribution in [0.15, 0.2) is 59.5 Å². The first-order valence-corrected chi connectivity index (χ1v) is 7.77. The molecule has 0 aliphatic rings. The molecule has 1 heterocycles. The number of aromatic carboxylic acids is 1. The normalized spacial score (nSPS) is 10.8. The number of nitrogens with zero attached hydrogens (tertiary/aromatic N) is 2. The first-order chi connectivity index (χ1) is 11.5. The number of carbonyl (C=O) groups is 1. The lowest BCUT2D eigenvalue weighted by Crippen LogP contribution is -2.24. The predicted octanol–water partition coefficient (Wildman–Crippen LogP) is 3.69. The van der Waals surface area contributed by atoms with Crippen molar-refractivity contribution in [2.75, 3.05) is 0 Å². The summed E-state index contributed by atoms with van der Waals surface area (Å²) >= 11 is 11.8. The van der Waals surface area contributed by atoms with Gasteiger partial charge in [-0.2, -0.15) is 0 Å². The fourth-order valence-electron chi connectivity index (χ4n) is 2.38. The molecule has 0 unspecified atom stereocenters. The van der Waals surface area contributed by atoms with Crippen LogP contribution in [0.3, 0.4) is 0 Å². The van der Waals surface area contributed by atoms with Crippen LogP contribution in [0, 0.1) is 0 Å². The molecule has 0 fully saturated rings. The molecule has 0 aliphatic carbocycles. The standard InChI is InChI=1S/C17H12Cl2N2O3/c18-12-3-1-11(2-4-12)9-20-10-15(17(23)24)16(22)21(20)14-7-5-13(19)6-8-14/h1-8,10H,9H2,(H,23,24). The molecule has 3 rings (SSSR count). The van der Waals surface area contributed by atoms with Gasteiger partial charge in [0.15, 0.2) is 0 Å². The number of rotatable bonds is 4. The molecule has 0 aliphatic heterocycles. The van der Waals surface area contributed by atoms with Gasteiger partial charge in [0.25, 0.3) is 5.56 Å². The molecule has 122 valence electrons. The Bertz CT molecular complexity index is 941. The summed E-state index contributed by atoms with van der Waals surface area (Å²) in [6.07, 6.45) is 1.33. The van der Waals surface area contributed by atoms with Gasteiger partial charge in [0.2, 0.25) is 0 Å². The molecule has 0 atom stereocenters. The molecule has 0 radical (unpaired) electrons. The zero-order chi connectivity index (χ0) is 17.3. The van der Waals surface area contributed by atoms with Crippen molar-refractivity contribution < 1.29 is 9.90 Å². The summed E-state index contributed by atoms with van der Waals surface area (Å²) < 4.78 is 2.87. The first kappa shape index (κ1) is 16.4. The largest absolute Gasteiger partial charge is 0.477 e. The van der Waals surface area contributed by atoms with Gasteiger partial charge in [-0.25, -0.2) is 9.48 Å². The van der Waals surface area contributed by atoms with Crippen LogP contribution in [0.4, 0.5) is 0 Å². The Morgan fingerprint density at radius 2 is 1.50 bits per heavy atom. The van der Waals surface area contributed by atoms with E-state index in [1.165, 1.54) is 10.9 Å². The van der Waals surface area contributed by atoms with Crippen molar-refractivity contribution in [2.24, 2.45) is 0 Å². The molecule has 2 aromatic carbocycles. The summed E-state index contributed by atoms with van der Waals surface area (Å²) in [5.41, 5.74) is 0.526. The van der Waals surface area contributed by atoms with E-state index in [-0.39, 0.29) is 5.56 Å². The van der Waals surface area contributed by atoms with Gasteiger partial charge < -0.3 is 5.11 Å². The summed E-state index contributed by atoms with van der Waals surface area (Å²) in [6.45, 7) is 0.322. The fraction of sp³-hybridized carbons (Fsp3) is 0.0588. The molecule has 0 saturated heterocycles. The zero-order valence-electron chi connectivity index (χ0n) is 12.3. The van der Waals surface area contributed by atoms with Crippen molar-refractivity contribution in [3.8, 4) is 5.69 Å². The molecule has 0 bridgehead atoms. The van der Waals surface area contributed by atoms with Crippen LogP contribution < -0.4 is 5.56 Å². The van der Waals surface area contributed by atoms with Crippen molar-refractivity contribution >= 4 is 29.2 Å². The summed E-state index contributed by atoms with van der Waals surface area (Å²) in [5.74, 6) is -1.27. The Morgan fingerprint density at radius 1 is 0.958 bits per heavy atom. The van der Waals surface area contributed by atoms with Gasteiger partial charge in [0.05, 0.1) is 12.2 Å². The van der Waals surface area contributed by atoms with Crippen molar-refractivity contribution in [3.05, 3.63) is 86.3 Å². The first-order valence-electron chi connectivity index (χ1n) is 7.02. The minimum absolute atomic E-state index is 0.293. The van der Waals surface area contributed by atoms with Crippen molar-refractivity contribution in [3.63, 3.8) is 0 Å². The SMILES string of the molecule is O=C(O)c1cn(Cc2ccc(Cl)cc2)n(-c2ccc(Cl)cc2)c1=O. The van der Waals surface area contributed by atoms with Gasteiger partial charge in [0, 0.05) is 16.2 Å². The van der Waals surface area contributed by atoms with Crippen LogP contribution in [-0.2, 0) is 6.54 Å². The molecule has 5 nitrogen and oxygen atoms in total. The quantitative estimate of drug-likeness (QED) is 0.769. The Morgan fingerprint density at radius 3 is 2.04 bits per heavy atom. The van der Waals surface area contributed by atoms with Gasteiger partial charge in [0.1, 0.15) is 5.56 Å². The van der Waals surface area contributed by atoms with Gasteiger partial charge in [-0.3, -0.25) is 9.48 Å². The predicted molar refractivity (Wildman–Crippen MR) is 92.6 cm³/mol. The Hall–Kier alpha value is -2.50. The Labute approximate surface area is 147 Å². The molecule has 1 N–H and O–H groups in total. The highest BCUT2D eigenvalue weighted by molar-refractivity contribution is 6.30. The number of carboxylic acid groups (broad SMARTS) is 1. The Kier molecular flexibility index (Phi) is 4.46. The minimum atomic E-state index is -1.27. The van der Waals surface area contributed by atoms with E-state index < -0.39 is 11.5 Å². The van der Waals surface area contributed by atoms with E-state index in [1.54, 1.807) is 41.1 Å².